The minimum Gasteiger partial charge on any atom is -0.365 e. The second kappa shape index (κ2) is 4.93. The molecule has 1 aromatic rings. The molecule has 0 amide bonds. The maximum absolute atomic E-state index is 13.8. The first-order valence-electron chi connectivity index (χ1n) is 5.79. The molecule has 1 aromatic carbocycles. The Hall–Kier alpha value is -0.930. The molecule has 1 atom stereocenters. The van der Waals surface area contributed by atoms with Crippen LogP contribution >= 0.6 is 0 Å². The van der Waals surface area contributed by atoms with Gasteiger partial charge in [-0.25, -0.2) is 4.39 Å². The molecule has 0 aliphatic heterocycles. The average molecular weight is 224 g/mol. The van der Waals surface area contributed by atoms with Crippen molar-refractivity contribution in [1.29, 1.82) is 0 Å². The fourth-order valence-corrected chi connectivity index (χ4v) is 2.09. The number of benzene rings is 1. The molecule has 2 rings (SSSR count). The standard InChI is InChI=1S/C13H17FO2/c14-12(11-7-3-1-4-8-11)16-13(15)9-5-2-6-10-13/h1,3-4,7-8,12,15H,2,5-6,9-10H2. The topological polar surface area (TPSA) is 29.5 Å². The molecule has 1 aliphatic rings. The molecule has 1 saturated carbocycles. The predicted octanol–water partition coefficient (Wildman–Crippen LogP) is 3.32. The van der Waals surface area contributed by atoms with E-state index in [2.05, 4.69) is 0 Å². The Morgan fingerprint density at radius 3 is 2.38 bits per heavy atom. The maximum atomic E-state index is 13.8. The van der Waals surface area contributed by atoms with Crippen molar-refractivity contribution >= 4 is 0 Å². The molecule has 0 spiro atoms. The number of ether oxygens (including phenoxy) is 1. The van der Waals surface area contributed by atoms with Gasteiger partial charge in [-0.3, -0.25) is 0 Å². The van der Waals surface area contributed by atoms with Crippen molar-refractivity contribution in [2.75, 3.05) is 0 Å². The van der Waals surface area contributed by atoms with E-state index < -0.39 is 12.1 Å². The Balaban J connectivity index is 1.98. The van der Waals surface area contributed by atoms with Gasteiger partial charge < -0.3 is 9.84 Å². The lowest BCUT2D eigenvalue weighted by Gasteiger charge is -2.33. The summed E-state index contributed by atoms with van der Waals surface area (Å²) in [5.74, 6) is -1.27. The van der Waals surface area contributed by atoms with Crippen molar-refractivity contribution in [3.63, 3.8) is 0 Å². The Morgan fingerprint density at radius 2 is 1.75 bits per heavy atom. The van der Waals surface area contributed by atoms with Gasteiger partial charge >= 0.3 is 0 Å². The Kier molecular flexibility index (Phi) is 3.56. The van der Waals surface area contributed by atoms with Gasteiger partial charge in [0.2, 0.25) is 6.36 Å². The average Bonchev–Trinajstić information content (AvgIpc) is 2.30. The van der Waals surface area contributed by atoms with E-state index >= 15 is 0 Å². The molecule has 88 valence electrons. The summed E-state index contributed by atoms with van der Waals surface area (Å²) in [5, 5.41) is 10.0. The monoisotopic (exact) mass is 224 g/mol. The third-order valence-electron chi connectivity index (χ3n) is 3.02. The van der Waals surface area contributed by atoms with Crippen molar-refractivity contribution in [2.45, 2.75) is 44.2 Å². The smallest absolute Gasteiger partial charge is 0.227 e. The molecule has 3 heteroatoms. The van der Waals surface area contributed by atoms with E-state index in [1.165, 1.54) is 0 Å². The molecule has 1 fully saturated rings. The highest BCUT2D eigenvalue weighted by molar-refractivity contribution is 5.15. The lowest BCUT2D eigenvalue weighted by Crippen LogP contribution is -2.35. The van der Waals surface area contributed by atoms with E-state index in [4.69, 9.17) is 4.74 Å². The van der Waals surface area contributed by atoms with Crippen LogP contribution in [-0.4, -0.2) is 10.9 Å². The fraction of sp³-hybridized carbons (Fsp3) is 0.538. The highest BCUT2D eigenvalue weighted by atomic mass is 19.1. The molecular formula is C13H17FO2. The van der Waals surface area contributed by atoms with Gasteiger partial charge in [0.25, 0.3) is 0 Å². The molecule has 0 aromatic heterocycles. The van der Waals surface area contributed by atoms with Crippen LogP contribution in [0.3, 0.4) is 0 Å². The second-order valence-electron chi connectivity index (χ2n) is 4.35. The van der Waals surface area contributed by atoms with Crippen molar-refractivity contribution in [1.82, 2.24) is 0 Å². The van der Waals surface area contributed by atoms with Gasteiger partial charge in [0, 0.05) is 18.4 Å². The highest BCUT2D eigenvalue weighted by Gasteiger charge is 2.33. The normalized spacial score (nSPS) is 21.6. The van der Waals surface area contributed by atoms with E-state index in [0.717, 1.165) is 19.3 Å². The number of hydrogen-bond donors (Lipinski definition) is 1. The van der Waals surface area contributed by atoms with E-state index in [9.17, 15) is 9.50 Å². The maximum Gasteiger partial charge on any atom is 0.227 e. The molecule has 1 N–H and O–H groups in total. The summed E-state index contributed by atoms with van der Waals surface area (Å²) in [4.78, 5) is 0. The molecule has 1 unspecified atom stereocenters. The molecule has 0 saturated heterocycles. The highest BCUT2D eigenvalue weighted by Crippen LogP contribution is 2.34. The van der Waals surface area contributed by atoms with Crippen LogP contribution in [0.1, 0.15) is 44.0 Å². The van der Waals surface area contributed by atoms with Crippen LogP contribution in [0.2, 0.25) is 0 Å². The van der Waals surface area contributed by atoms with Crippen molar-refractivity contribution in [3.05, 3.63) is 35.9 Å². The van der Waals surface area contributed by atoms with Crippen LogP contribution in [0, 0.1) is 0 Å². The summed E-state index contributed by atoms with van der Waals surface area (Å²) in [6, 6.07) is 8.67. The van der Waals surface area contributed by atoms with E-state index in [0.29, 0.717) is 18.4 Å². The van der Waals surface area contributed by atoms with Crippen LogP contribution in [0.5, 0.6) is 0 Å². The van der Waals surface area contributed by atoms with Crippen LogP contribution in [0.4, 0.5) is 4.39 Å². The van der Waals surface area contributed by atoms with Gasteiger partial charge in [-0.2, -0.15) is 0 Å². The third-order valence-corrected chi connectivity index (χ3v) is 3.02. The van der Waals surface area contributed by atoms with Crippen molar-refractivity contribution in [2.24, 2.45) is 0 Å². The first-order chi connectivity index (χ1) is 7.70. The van der Waals surface area contributed by atoms with Gasteiger partial charge in [0.1, 0.15) is 0 Å². The van der Waals surface area contributed by atoms with Crippen LogP contribution in [0.25, 0.3) is 0 Å². The van der Waals surface area contributed by atoms with Gasteiger partial charge in [-0.15, -0.1) is 0 Å². The zero-order valence-electron chi connectivity index (χ0n) is 9.23. The Labute approximate surface area is 95.1 Å². The van der Waals surface area contributed by atoms with Gasteiger partial charge in [0.15, 0.2) is 5.79 Å². The lowest BCUT2D eigenvalue weighted by molar-refractivity contribution is -0.274. The van der Waals surface area contributed by atoms with Gasteiger partial charge in [0.05, 0.1) is 0 Å². The van der Waals surface area contributed by atoms with Crippen LogP contribution in [0.15, 0.2) is 30.3 Å². The molecule has 1 aliphatic carbocycles. The SMILES string of the molecule is OC1(OC(F)c2ccccc2)CCCCC1. The number of rotatable bonds is 3. The Morgan fingerprint density at radius 1 is 1.12 bits per heavy atom. The molecule has 16 heavy (non-hydrogen) atoms. The minimum atomic E-state index is -1.54. The number of hydrogen-bond acceptors (Lipinski definition) is 2. The van der Waals surface area contributed by atoms with Crippen molar-refractivity contribution in [3.8, 4) is 0 Å². The van der Waals surface area contributed by atoms with Crippen LogP contribution < -0.4 is 0 Å². The number of halogens is 1. The summed E-state index contributed by atoms with van der Waals surface area (Å²) in [5.41, 5.74) is 0.460. The molecule has 2 nitrogen and oxygen atoms in total. The summed E-state index contributed by atoms with van der Waals surface area (Å²) < 4.78 is 18.9. The molecule has 0 bridgehead atoms. The zero-order valence-corrected chi connectivity index (χ0v) is 9.23. The fourth-order valence-electron chi connectivity index (χ4n) is 2.09. The van der Waals surface area contributed by atoms with E-state index in [1.807, 2.05) is 6.07 Å². The van der Waals surface area contributed by atoms with E-state index in [-0.39, 0.29) is 0 Å². The first-order valence-corrected chi connectivity index (χ1v) is 5.79. The number of aliphatic hydroxyl groups is 1. The van der Waals surface area contributed by atoms with Gasteiger partial charge in [-0.05, 0) is 12.8 Å². The first kappa shape index (κ1) is 11.6. The molecular weight excluding hydrogens is 207 g/mol. The Bertz CT molecular complexity index is 320. The quantitative estimate of drug-likeness (QED) is 0.798. The second-order valence-corrected chi connectivity index (χ2v) is 4.35. The van der Waals surface area contributed by atoms with Crippen LogP contribution in [-0.2, 0) is 4.74 Å². The number of alkyl halides is 1. The van der Waals surface area contributed by atoms with Gasteiger partial charge in [-0.1, -0.05) is 36.8 Å². The summed E-state index contributed by atoms with van der Waals surface area (Å²) in [6.45, 7) is 0. The van der Waals surface area contributed by atoms with Crippen molar-refractivity contribution < 1.29 is 14.2 Å². The largest absolute Gasteiger partial charge is 0.365 e. The van der Waals surface area contributed by atoms with E-state index in [1.54, 1.807) is 24.3 Å². The summed E-state index contributed by atoms with van der Waals surface area (Å²) >= 11 is 0. The minimum absolute atomic E-state index is 0.460. The molecule has 0 heterocycles. The summed E-state index contributed by atoms with van der Waals surface area (Å²) in [6.07, 6.45) is 2.41. The zero-order chi connectivity index (χ0) is 11.4. The third kappa shape index (κ3) is 2.80. The lowest BCUT2D eigenvalue weighted by atomic mass is 9.94. The molecule has 0 radical (unpaired) electrons. The summed E-state index contributed by atoms with van der Waals surface area (Å²) in [7, 11) is 0. The predicted molar refractivity (Wildman–Crippen MR) is 59.4 cm³/mol.